The van der Waals surface area contributed by atoms with Crippen LogP contribution in [0.1, 0.15) is 36.6 Å². The quantitative estimate of drug-likeness (QED) is 0.906. The minimum Gasteiger partial charge on any atom is -0.382 e. The highest BCUT2D eigenvalue weighted by Crippen LogP contribution is 2.31. The van der Waals surface area contributed by atoms with Crippen LogP contribution in [0, 0.1) is 0 Å². The summed E-state index contributed by atoms with van der Waals surface area (Å²) in [4.78, 5) is 11.4. The normalized spacial score (nSPS) is 19.0. The first-order valence-electron chi connectivity index (χ1n) is 7.69. The molecule has 0 saturated carbocycles. The molecule has 2 aromatic heterocycles. The van der Waals surface area contributed by atoms with Gasteiger partial charge in [-0.15, -0.1) is 0 Å². The van der Waals surface area contributed by atoms with Crippen molar-refractivity contribution in [2.24, 2.45) is 0 Å². The van der Waals surface area contributed by atoms with E-state index in [0.717, 1.165) is 44.6 Å². The van der Waals surface area contributed by atoms with E-state index in [2.05, 4.69) is 20.0 Å². The number of anilines is 2. The van der Waals surface area contributed by atoms with E-state index in [1.165, 1.54) is 17.7 Å². The summed E-state index contributed by atoms with van der Waals surface area (Å²) in [5.74, 6) is 1.77. The predicted molar refractivity (Wildman–Crippen MR) is 81.2 cm³/mol. The number of hydrogen-bond acceptors (Lipinski definition) is 5. The van der Waals surface area contributed by atoms with Crippen LogP contribution in [0.3, 0.4) is 0 Å². The SMILES string of the molecule is Nc1ccn(C2CCN(c3ncnc4c3CCC4)CC2)n1. The summed E-state index contributed by atoms with van der Waals surface area (Å²) in [6, 6.07) is 2.32. The molecule has 0 unspecified atom stereocenters. The van der Waals surface area contributed by atoms with E-state index in [-0.39, 0.29) is 0 Å². The highest BCUT2D eigenvalue weighted by Gasteiger charge is 2.26. The van der Waals surface area contributed by atoms with Crippen LogP contribution in [0.4, 0.5) is 11.6 Å². The van der Waals surface area contributed by atoms with Crippen LogP contribution in [-0.4, -0.2) is 32.8 Å². The largest absolute Gasteiger partial charge is 0.382 e. The minimum atomic E-state index is 0.452. The lowest BCUT2D eigenvalue weighted by Crippen LogP contribution is -2.36. The van der Waals surface area contributed by atoms with Crippen molar-refractivity contribution in [1.82, 2.24) is 19.7 Å². The van der Waals surface area contributed by atoms with Crippen LogP contribution < -0.4 is 10.6 Å². The molecular weight excluding hydrogens is 264 g/mol. The summed E-state index contributed by atoms with van der Waals surface area (Å²) in [6.45, 7) is 2.04. The van der Waals surface area contributed by atoms with Gasteiger partial charge in [0.15, 0.2) is 0 Å². The first kappa shape index (κ1) is 12.6. The molecule has 2 aliphatic rings. The summed E-state index contributed by atoms with van der Waals surface area (Å²) < 4.78 is 2.01. The molecule has 6 nitrogen and oxygen atoms in total. The molecule has 0 bridgehead atoms. The Morgan fingerprint density at radius 3 is 2.76 bits per heavy atom. The molecular formula is C15H20N6. The average Bonchev–Trinajstić information content (AvgIpc) is 3.15. The fraction of sp³-hybridized carbons (Fsp3) is 0.533. The summed E-state index contributed by atoms with van der Waals surface area (Å²) in [7, 11) is 0. The Morgan fingerprint density at radius 1 is 1.14 bits per heavy atom. The Morgan fingerprint density at radius 2 is 2.00 bits per heavy atom. The summed E-state index contributed by atoms with van der Waals surface area (Å²) in [6.07, 6.45) is 9.32. The van der Waals surface area contributed by atoms with Crippen molar-refractivity contribution in [1.29, 1.82) is 0 Å². The zero-order valence-corrected chi connectivity index (χ0v) is 12.1. The van der Waals surface area contributed by atoms with E-state index in [1.54, 1.807) is 6.33 Å². The lowest BCUT2D eigenvalue weighted by Gasteiger charge is -2.33. The van der Waals surface area contributed by atoms with Gasteiger partial charge in [0, 0.05) is 30.5 Å². The van der Waals surface area contributed by atoms with E-state index < -0.39 is 0 Å². The maximum absolute atomic E-state index is 5.71. The second-order valence-electron chi connectivity index (χ2n) is 5.91. The van der Waals surface area contributed by atoms with E-state index in [4.69, 9.17) is 5.73 Å². The molecule has 0 amide bonds. The molecule has 0 radical (unpaired) electrons. The number of aromatic nitrogens is 4. The van der Waals surface area contributed by atoms with Crippen molar-refractivity contribution in [3.8, 4) is 0 Å². The van der Waals surface area contributed by atoms with Crippen LogP contribution in [-0.2, 0) is 12.8 Å². The lowest BCUT2D eigenvalue weighted by molar-refractivity contribution is 0.366. The summed E-state index contributed by atoms with van der Waals surface area (Å²) >= 11 is 0. The molecule has 1 aliphatic carbocycles. The Bertz CT molecular complexity index is 641. The van der Waals surface area contributed by atoms with Crippen LogP contribution in [0.15, 0.2) is 18.6 Å². The van der Waals surface area contributed by atoms with Gasteiger partial charge in [-0.05, 0) is 38.2 Å². The van der Waals surface area contributed by atoms with Gasteiger partial charge in [-0.25, -0.2) is 9.97 Å². The van der Waals surface area contributed by atoms with E-state index in [1.807, 2.05) is 16.9 Å². The van der Waals surface area contributed by atoms with Crippen LogP contribution >= 0.6 is 0 Å². The number of nitrogen functional groups attached to an aromatic ring is 1. The fourth-order valence-corrected chi connectivity index (χ4v) is 3.51. The number of fused-ring (bicyclic) bond motifs is 1. The molecule has 6 heteroatoms. The molecule has 3 heterocycles. The number of hydrogen-bond donors (Lipinski definition) is 1. The van der Waals surface area contributed by atoms with E-state index in [9.17, 15) is 0 Å². The fourth-order valence-electron chi connectivity index (χ4n) is 3.51. The van der Waals surface area contributed by atoms with Gasteiger partial charge >= 0.3 is 0 Å². The van der Waals surface area contributed by atoms with E-state index in [0.29, 0.717) is 11.9 Å². The van der Waals surface area contributed by atoms with Crippen molar-refractivity contribution in [3.05, 3.63) is 29.8 Å². The maximum Gasteiger partial charge on any atom is 0.145 e. The molecule has 0 spiro atoms. The Balaban J connectivity index is 1.49. The molecule has 110 valence electrons. The molecule has 2 N–H and O–H groups in total. The van der Waals surface area contributed by atoms with Crippen molar-refractivity contribution in [2.45, 2.75) is 38.1 Å². The zero-order chi connectivity index (χ0) is 14.2. The highest BCUT2D eigenvalue weighted by atomic mass is 15.3. The molecule has 2 aromatic rings. The third-order valence-electron chi connectivity index (χ3n) is 4.62. The Kier molecular flexibility index (Phi) is 3.02. The molecule has 1 fully saturated rings. The topological polar surface area (TPSA) is 72.9 Å². The maximum atomic E-state index is 5.71. The van der Waals surface area contributed by atoms with Gasteiger partial charge < -0.3 is 10.6 Å². The van der Waals surface area contributed by atoms with Gasteiger partial charge in [-0.3, -0.25) is 4.68 Å². The molecule has 1 aliphatic heterocycles. The molecule has 4 rings (SSSR count). The average molecular weight is 284 g/mol. The third-order valence-corrected chi connectivity index (χ3v) is 4.62. The summed E-state index contributed by atoms with van der Waals surface area (Å²) in [5.41, 5.74) is 8.33. The molecule has 1 saturated heterocycles. The monoisotopic (exact) mass is 284 g/mol. The smallest absolute Gasteiger partial charge is 0.145 e. The summed E-state index contributed by atoms with van der Waals surface area (Å²) in [5, 5.41) is 4.34. The number of nitrogens with zero attached hydrogens (tertiary/aromatic N) is 5. The van der Waals surface area contributed by atoms with Gasteiger partial charge in [0.1, 0.15) is 18.0 Å². The number of rotatable bonds is 2. The van der Waals surface area contributed by atoms with Crippen molar-refractivity contribution in [2.75, 3.05) is 23.7 Å². The van der Waals surface area contributed by atoms with Gasteiger partial charge in [0.2, 0.25) is 0 Å². The second-order valence-corrected chi connectivity index (χ2v) is 5.91. The zero-order valence-electron chi connectivity index (χ0n) is 12.1. The Hall–Kier alpha value is -2.11. The number of aryl methyl sites for hydroxylation is 1. The third kappa shape index (κ3) is 2.24. The van der Waals surface area contributed by atoms with E-state index >= 15 is 0 Å². The van der Waals surface area contributed by atoms with Crippen LogP contribution in [0.25, 0.3) is 0 Å². The van der Waals surface area contributed by atoms with Gasteiger partial charge in [0.25, 0.3) is 0 Å². The predicted octanol–water partition coefficient (Wildman–Crippen LogP) is 1.59. The first-order chi connectivity index (χ1) is 10.3. The standard InChI is InChI=1S/C15H20N6/c16-14-6-9-21(19-14)11-4-7-20(8-5-11)15-12-2-1-3-13(12)17-10-18-15/h6,9-11H,1-5,7-8H2,(H2,16,19). The highest BCUT2D eigenvalue weighted by molar-refractivity contribution is 5.50. The lowest BCUT2D eigenvalue weighted by atomic mass is 10.0. The minimum absolute atomic E-state index is 0.452. The van der Waals surface area contributed by atoms with Gasteiger partial charge in [-0.2, -0.15) is 5.10 Å². The van der Waals surface area contributed by atoms with Gasteiger partial charge in [-0.1, -0.05) is 0 Å². The molecule has 21 heavy (non-hydrogen) atoms. The van der Waals surface area contributed by atoms with Crippen molar-refractivity contribution < 1.29 is 0 Å². The molecule has 0 aromatic carbocycles. The number of nitrogens with two attached hydrogens (primary N) is 1. The Labute approximate surface area is 124 Å². The van der Waals surface area contributed by atoms with Crippen molar-refractivity contribution >= 4 is 11.6 Å². The second kappa shape index (κ2) is 5.02. The first-order valence-corrected chi connectivity index (χ1v) is 7.69. The van der Waals surface area contributed by atoms with Crippen LogP contribution in [0.5, 0.6) is 0 Å². The van der Waals surface area contributed by atoms with Crippen LogP contribution in [0.2, 0.25) is 0 Å². The van der Waals surface area contributed by atoms with Gasteiger partial charge in [0.05, 0.1) is 6.04 Å². The van der Waals surface area contributed by atoms with Crippen molar-refractivity contribution in [3.63, 3.8) is 0 Å². The molecule has 0 atom stereocenters. The number of piperidine rings is 1.